The van der Waals surface area contributed by atoms with Gasteiger partial charge in [0.2, 0.25) is 0 Å². The first-order valence-corrected chi connectivity index (χ1v) is 9.14. The summed E-state index contributed by atoms with van der Waals surface area (Å²) < 4.78 is 2.28. The molecule has 0 aromatic carbocycles. The molecule has 0 radical (unpaired) electrons. The summed E-state index contributed by atoms with van der Waals surface area (Å²) >= 11 is 0. The summed E-state index contributed by atoms with van der Waals surface area (Å²) in [4.78, 5) is 4.19. The molecule has 1 unspecified atom stereocenters. The summed E-state index contributed by atoms with van der Waals surface area (Å²) in [6.07, 6.45) is 17.4. The van der Waals surface area contributed by atoms with Crippen molar-refractivity contribution in [3.05, 3.63) is 18.7 Å². The van der Waals surface area contributed by atoms with Crippen LogP contribution in [0.2, 0.25) is 0 Å². The van der Waals surface area contributed by atoms with Crippen LogP contribution in [0, 0.1) is 23.7 Å². The first-order valence-electron chi connectivity index (χ1n) is 9.14. The number of hydrogen-bond donors (Lipinski definition) is 0. The third-order valence-corrected chi connectivity index (χ3v) is 5.50. The molecule has 0 N–H and O–H groups in total. The van der Waals surface area contributed by atoms with Crippen LogP contribution < -0.4 is 0 Å². The largest absolute Gasteiger partial charge is 0.337 e. The lowest BCUT2D eigenvalue weighted by molar-refractivity contribution is 0.189. The van der Waals surface area contributed by atoms with E-state index in [1.54, 1.807) is 0 Å². The highest BCUT2D eigenvalue weighted by Crippen LogP contribution is 2.37. The standard InChI is InChI=1S/C19H34N2/c1-4-5-6-18(14-21-12-11-20-15-21)13-17-7-9-19(10-8-17)16(2)3/h11-12,15-19H,4-10,13-14H2,1-3H3. The number of nitrogens with zero attached hydrogens (tertiary/aromatic N) is 2. The Morgan fingerprint density at radius 3 is 2.52 bits per heavy atom. The monoisotopic (exact) mass is 290 g/mol. The topological polar surface area (TPSA) is 17.8 Å². The minimum atomic E-state index is 0.847. The molecular formula is C19H34N2. The summed E-state index contributed by atoms with van der Waals surface area (Å²) in [6.45, 7) is 8.27. The van der Waals surface area contributed by atoms with E-state index in [9.17, 15) is 0 Å². The van der Waals surface area contributed by atoms with Gasteiger partial charge in [0.05, 0.1) is 6.33 Å². The predicted molar refractivity (Wildman–Crippen MR) is 90.1 cm³/mol. The van der Waals surface area contributed by atoms with Crippen molar-refractivity contribution in [1.82, 2.24) is 9.55 Å². The Balaban J connectivity index is 1.81. The number of rotatable bonds is 8. The summed E-state index contributed by atoms with van der Waals surface area (Å²) in [5.41, 5.74) is 0. The van der Waals surface area contributed by atoms with Crippen LogP contribution >= 0.6 is 0 Å². The highest BCUT2D eigenvalue weighted by Gasteiger charge is 2.25. The fourth-order valence-corrected chi connectivity index (χ4v) is 4.03. The van der Waals surface area contributed by atoms with Crippen LogP contribution in [-0.2, 0) is 6.54 Å². The van der Waals surface area contributed by atoms with E-state index in [4.69, 9.17) is 0 Å². The maximum absolute atomic E-state index is 4.19. The van der Waals surface area contributed by atoms with Crippen LogP contribution in [0.3, 0.4) is 0 Å². The number of aromatic nitrogens is 2. The van der Waals surface area contributed by atoms with Gasteiger partial charge in [-0.05, 0) is 49.4 Å². The predicted octanol–water partition coefficient (Wildman–Crippen LogP) is 5.54. The fourth-order valence-electron chi connectivity index (χ4n) is 4.03. The van der Waals surface area contributed by atoms with Crippen LogP contribution in [0.25, 0.3) is 0 Å². The molecule has 0 bridgehead atoms. The zero-order valence-electron chi connectivity index (χ0n) is 14.3. The van der Waals surface area contributed by atoms with Crippen LogP contribution in [0.5, 0.6) is 0 Å². The molecule has 0 spiro atoms. The molecule has 1 aliphatic rings. The lowest BCUT2D eigenvalue weighted by atomic mass is 9.74. The van der Waals surface area contributed by atoms with Crippen LogP contribution in [0.15, 0.2) is 18.7 Å². The number of hydrogen-bond acceptors (Lipinski definition) is 1. The van der Waals surface area contributed by atoms with Crippen molar-refractivity contribution in [1.29, 1.82) is 0 Å². The van der Waals surface area contributed by atoms with Gasteiger partial charge in [0.1, 0.15) is 0 Å². The summed E-state index contributed by atoms with van der Waals surface area (Å²) in [7, 11) is 0. The molecule has 2 nitrogen and oxygen atoms in total. The minimum Gasteiger partial charge on any atom is -0.337 e. The summed E-state index contributed by atoms with van der Waals surface area (Å²) in [5, 5.41) is 0. The molecule has 120 valence electrons. The smallest absolute Gasteiger partial charge is 0.0945 e. The molecular weight excluding hydrogens is 256 g/mol. The van der Waals surface area contributed by atoms with Crippen LogP contribution in [-0.4, -0.2) is 9.55 Å². The molecule has 0 amide bonds. The van der Waals surface area contributed by atoms with E-state index in [0.29, 0.717) is 0 Å². The van der Waals surface area contributed by atoms with E-state index in [1.807, 2.05) is 12.5 Å². The van der Waals surface area contributed by atoms with Gasteiger partial charge in [0.15, 0.2) is 0 Å². The van der Waals surface area contributed by atoms with Crippen molar-refractivity contribution in [2.24, 2.45) is 23.7 Å². The Morgan fingerprint density at radius 2 is 1.95 bits per heavy atom. The average Bonchev–Trinajstić information content (AvgIpc) is 2.98. The maximum atomic E-state index is 4.19. The lowest BCUT2D eigenvalue weighted by Crippen LogP contribution is -2.22. The highest BCUT2D eigenvalue weighted by atomic mass is 15.0. The SMILES string of the molecule is CCCCC(CC1CCC(C(C)C)CC1)Cn1ccnc1. The second-order valence-electron chi connectivity index (χ2n) is 7.53. The van der Waals surface area contributed by atoms with Crippen LogP contribution in [0.4, 0.5) is 0 Å². The molecule has 1 aliphatic carbocycles. The molecule has 0 aliphatic heterocycles. The van der Waals surface area contributed by atoms with Gasteiger partial charge in [-0.2, -0.15) is 0 Å². The van der Waals surface area contributed by atoms with Gasteiger partial charge in [-0.1, -0.05) is 46.5 Å². The molecule has 1 aromatic rings. The normalized spacial score (nSPS) is 24.4. The Bertz CT molecular complexity index is 361. The van der Waals surface area contributed by atoms with E-state index >= 15 is 0 Å². The Hall–Kier alpha value is -0.790. The second kappa shape index (κ2) is 8.60. The van der Waals surface area contributed by atoms with Crippen molar-refractivity contribution in [2.45, 2.75) is 78.7 Å². The van der Waals surface area contributed by atoms with Crippen molar-refractivity contribution in [3.63, 3.8) is 0 Å². The molecule has 0 saturated heterocycles. The van der Waals surface area contributed by atoms with E-state index in [-0.39, 0.29) is 0 Å². The van der Waals surface area contributed by atoms with E-state index in [1.165, 1.54) is 57.9 Å². The van der Waals surface area contributed by atoms with E-state index in [2.05, 4.69) is 36.5 Å². The highest BCUT2D eigenvalue weighted by molar-refractivity contribution is 4.79. The van der Waals surface area contributed by atoms with Gasteiger partial charge < -0.3 is 4.57 Å². The third kappa shape index (κ3) is 5.48. The van der Waals surface area contributed by atoms with Crippen molar-refractivity contribution in [3.8, 4) is 0 Å². The van der Waals surface area contributed by atoms with Gasteiger partial charge in [0, 0.05) is 18.9 Å². The van der Waals surface area contributed by atoms with Crippen molar-refractivity contribution < 1.29 is 0 Å². The van der Waals surface area contributed by atoms with Crippen molar-refractivity contribution >= 4 is 0 Å². The quantitative estimate of drug-likeness (QED) is 0.614. The molecule has 1 heterocycles. The van der Waals surface area contributed by atoms with E-state index < -0.39 is 0 Å². The van der Waals surface area contributed by atoms with Gasteiger partial charge >= 0.3 is 0 Å². The first kappa shape index (κ1) is 16.6. The maximum Gasteiger partial charge on any atom is 0.0945 e. The van der Waals surface area contributed by atoms with Gasteiger partial charge in [-0.3, -0.25) is 0 Å². The van der Waals surface area contributed by atoms with Crippen molar-refractivity contribution in [2.75, 3.05) is 0 Å². The zero-order valence-corrected chi connectivity index (χ0v) is 14.3. The molecule has 1 saturated carbocycles. The fraction of sp³-hybridized carbons (Fsp3) is 0.842. The molecule has 2 heteroatoms. The van der Waals surface area contributed by atoms with Crippen LogP contribution in [0.1, 0.15) is 72.1 Å². The van der Waals surface area contributed by atoms with Gasteiger partial charge in [-0.25, -0.2) is 4.98 Å². The van der Waals surface area contributed by atoms with E-state index in [0.717, 1.165) is 23.7 Å². The second-order valence-corrected chi connectivity index (χ2v) is 7.53. The number of unbranched alkanes of at least 4 members (excludes halogenated alkanes) is 1. The molecule has 1 fully saturated rings. The Morgan fingerprint density at radius 1 is 1.19 bits per heavy atom. The lowest BCUT2D eigenvalue weighted by Gasteiger charge is -2.33. The molecule has 2 rings (SSSR count). The number of imidazole rings is 1. The molecule has 1 atom stereocenters. The zero-order chi connectivity index (χ0) is 15.1. The average molecular weight is 290 g/mol. The summed E-state index contributed by atoms with van der Waals surface area (Å²) in [6, 6.07) is 0. The Labute approximate surface area is 131 Å². The van der Waals surface area contributed by atoms with Gasteiger partial charge in [-0.15, -0.1) is 0 Å². The summed E-state index contributed by atoms with van der Waals surface area (Å²) in [5.74, 6) is 3.70. The molecule has 1 aromatic heterocycles. The Kier molecular flexibility index (Phi) is 6.79. The van der Waals surface area contributed by atoms with Gasteiger partial charge in [0.25, 0.3) is 0 Å². The first-order chi connectivity index (χ1) is 10.2. The minimum absolute atomic E-state index is 0.847. The molecule has 21 heavy (non-hydrogen) atoms. The third-order valence-electron chi connectivity index (χ3n) is 5.50.